The standard InChI is InChI=1S/C20H21N3O2/c1-13-5-4-6-17-14(2)11-19(25)23(20(13)17)12-18(24)22-15(3)16-7-9-21-10-8-16/h4-11,15H,12H2,1-3H3,(H,22,24). The van der Waals surface area contributed by atoms with Gasteiger partial charge in [0, 0.05) is 23.8 Å². The van der Waals surface area contributed by atoms with Crippen molar-refractivity contribution in [3.8, 4) is 0 Å². The summed E-state index contributed by atoms with van der Waals surface area (Å²) >= 11 is 0. The van der Waals surface area contributed by atoms with Gasteiger partial charge in [-0.1, -0.05) is 18.2 Å². The van der Waals surface area contributed by atoms with Gasteiger partial charge in [-0.05, 0) is 49.6 Å². The Morgan fingerprint density at radius 1 is 1.16 bits per heavy atom. The summed E-state index contributed by atoms with van der Waals surface area (Å²) in [5.74, 6) is -0.195. The van der Waals surface area contributed by atoms with E-state index in [4.69, 9.17) is 0 Å². The summed E-state index contributed by atoms with van der Waals surface area (Å²) in [7, 11) is 0. The summed E-state index contributed by atoms with van der Waals surface area (Å²) in [5, 5.41) is 3.94. The summed E-state index contributed by atoms with van der Waals surface area (Å²) in [6.45, 7) is 5.78. The molecule has 0 radical (unpaired) electrons. The van der Waals surface area contributed by atoms with Crippen molar-refractivity contribution in [1.29, 1.82) is 0 Å². The molecule has 1 aromatic carbocycles. The van der Waals surface area contributed by atoms with Crippen LogP contribution in [0.4, 0.5) is 0 Å². The Morgan fingerprint density at radius 3 is 2.60 bits per heavy atom. The molecule has 0 aliphatic heterocycles. The number of nitrogens with zero attached hydrogens (tertiary/aromatic N) is 2. The maximum atomic E-state index is 12.5. The van der Waals surface area contributed by atoms with Crippen molar-refractivity contribution in [3.05, 3.63) is 75.8 Å². The van der Waals surface area contributed by atoms with E-state index in [0.29, 0.717) is 0 Å². The number of rotatable bonds is 4. The number of aryl methyl sites for hydroxylation is 2. The second kappa shape index (κ2) is 6.89. The third-order valence-electron chi connectivity index (χ3n) is 4.42. The molecule has 0 bridgehead atoms. The summed E-state index contributed by atoms with van der Waals surface area (Å²) in [6.07, 6.45) is 3.39. The first-order chi connectivity index (χ1) is 12.0. The maximum absolute atomic E-state index is 12.5. The second-order valence-electron chi connectivity index (χ2n) is 6.29. The van der Waals surface area contributed by atoms with Crippen LogP contribution in [-0.2, 0) is 11.3 Å². The quantitative estimate of drug-likeness (QED) is 0.797. The molecular weight excluding hydrogens is 314 g/mol. The molecule has 25 heavy (non-hydrogen) atoms. The van der Waals surface area contributed by atoms with Gasteiger partial charge in [-0.25, -0.2) is 0 Å². The Kier molecular flexibility index (Phi) is 4.65. The first-order valence-corrected chi connectivity index (χ1v) is 8.26. The number of nitrogens with one attached hydrogen (secondary N) is 1. The van der Waals surface area contributed by atoms with Crippen molar-refractivity contribution >= 4 is 16.8 Å². The molecule has 1 amide bonds. The Morgan fingerprint density at radius 2 is 1.88 bits per heavy atom. The molecule has 0 aliphatic carbocycles. The van der Waals surface area contributed by atoms with E-state index in [1.165, 1.54) is 0 Å². The van der Waals surface area contributed by atoms with Gasteiger partial charge in [0.05, 0.1) is 11.6 Å². The number of pyridine rings is 2. The first kappa shape index (κ1) is 16.9. The van der Waals surface area contributed by atoms with Crippen LogP contribution < -0.4 is 10.9 Å². The molecule has 0 aliphatic rings. The Hall–Kier alpha value is -2.95. The van der Waals surface area contributed by atoms with Gasteiger partial charge in [-0.3, -0.25) is 19.1 Å². The van der Waals surface area contributed by atoms with Crippen LogP contribution in [0.1, 0.15) is 29.7 Å². The number of benzene rings is 1. The fourth-order valence-corrected chi connectivity index (χ4v) is 3.11. The fraction of sp³-hybridized carbons (Fsp3) is 0.250. The van der Waals surface area contributed by atoms with E-state index in [1.807, 2.05) is 51.1 Å². The van der Waals surface area contributed by atoms with Gasteiger partial charge in [0.15, 0.2) is 0 Å². The molecule has 0 saturated heterocycles. The predicted octanol–water partition coefficient (Wildman–Crippen LogP) is 2.89. The highest BCUT2D eigenvalue weighted by Crippen LogP contribution is 2.20. The molecule has 1 atom stereocenters. The van der Waals surface area contributed by atoms with Crippen LogP contribution in [0.15, 0.2) is 53.6 Å². The van der Waals surface area contributed by atoms with Gasteiger partial charge in [0.2, 0.25) is 5.91 Å². The molecule has 5 nitrogen and oxygen atoms in total. The van der Waals surface area contributed by atoms with Crippen LogP contribution >= 0.6 is 0 Å². The number of amides is 1. The minimum absolute atomic E-state index is 0.00408. The molecule has 3 rings (SSSR count). The number of fused-ring (bicyclic) bond motifs is 1. The van der Waals surface area contributed by atoms with Gasteiger partial charge in [0.25, 0.3) is 5.56 Å². The zero-order valence-corrected chi connectivity index (χ0v) is 14.6. The first-order valence-electron chi connectivity index (χ1n) is 8.26. The predicted molar refractivity (Wildman–Crippen MR) is 98.5 cm³/mol. The highest BCUT2D eigenvalue weighted by molar-refractivity contribution is 5.87. The van der Waals surface area contributed by atoms with E-state index in [0.717, 1.165) is 27.6 Å². The van der Waals surface area contributed by atoms with Crippen molar-refractivity contribution in [1.82, 2.24) is 14.9 Å². The Labute approximate surface area is 146 Å². The maximum Gasteiger partial charge on any atom is 0.251 e. The molecule has 0 fully saturated rings. The van der Waals surface area contributed by atoms with Gasteiger partial charge in [-0.2, -0.15) is 0 Å². The van der Waals surface area contributed by atoms with Crippen LogP contribution in [-0.4, -0.2) is 15.5 Å². The second-order valence-corrected chi connectivity index (χ2v) is 6.29. The molecule has 0 saturated carbocycles. The monoisotopic (exact) mass is 335 g/mol. The smallest absolute Gasteiger partial charge is 0.251 e. The van der Waals surface area contributed by atoms with E-state index in [-0.39, 0.29) is 24.1 Å². The van der Waals surface area contributed by atoms with Gasteiger partial charge >= 0.3 is 0 Å². The third kappa shape index (κ3) is 3.45. The number of carbonyl (C=O) groups excluding carboxylic acids is 1. The van der Waals surface area contributed by atoms with Crippen LogP contribution in [0.2, 0.25) is 0 Å². The van der Waals surface area contributed by atoms with E-state index in [9.17, 15) is 9.59 Å². The highest BCUT2D eigenvalue weighted by atomic mass is 16.2. The largest absolute Gasteiger partial charge is 0.348 e. The minimum Gasteiger partial charge on any atom is -0.348 e. The molecule has 2 heterocycles. The summed E-state index contributed by atoms with van der Waals surface area (Å²) in [5.41, 5.74) is 3.53. The lowest BCUT2D eigenvalue weighted by Crippen LogP contribution is -2.34. The number of hydrogen-bond acceptors (Lipinski definition) is 3. The Balaban J connectivity index is 1.90. The summed E-state index contributed by atoms with van der Waals surface area (Å²) in [6, 6.07) is 11.1. The SMILES string of the molecule is Cc1cc(=O)n(CC(=O)NC(C)c2ccncc2)c2c(C)cccc12. The molecule has 3 aromatic rings. The summed E-state index contributed by atoms with van der Waals surface area (Å²) in [4.78, 5) is 29.0. The van der Waals surface area contributed by atoms with Crippen molar-refractivity contribution in [2.75, 3.05) is 0 Å². The number of hydrogen-bond donors (Lipinski definition) is 1. The lowest BCUT2D eigenvalue weighted by atomic mass is 10.1. The average Bonchev–Trinajstić information content (AvgIpc) is 2.59. The lowest BCUT2D eigenvalue weighted by Gasteiger charge is -2.17. The van der Waals surface area contributed by atoms with E-state index >= 15 is 0 Å². The molecule has 0 spiro atoms. The normalized spacial score (nSPS) is 12.1. The van der Waals surface area contributed by atoms with Crippen LogP contribution in [0.3, 0.4) is 0 Å². The molecule has 1 unspecified atom stereocenters. The van der Waals surface area contributed by atoms with Crippen molar-refractivity contribution in [2.24, 2.45) is 0 Å². The minimum atomic E-state index is -0.195. The third-order valence-corrected chi connectivity index (χ3v) is 4.42. The van der Waals surface area contributed by atoms with Crippen molar-refractivity contribution < 1.29 is 4.79 Å². The van der Waals surface area contributed by atoms with Gasteiger partial charge in [-0.15, -0.1) is 0 Å². The van der Waals surface area contributed by atoms with Gasteiger partial charge < -0.3 is 5.32 Å². The van der Waals surface area contributed by atoms with Crippen molar-refractivity contribution in [2.45, 2.75) is 33.4 Å². The van der Waals surface area contributed by atoms with E-state index < -0.39 is 0 Å². The zero-order chi connectivity index (χ0) is 18.0. The Bertz CT molecular complexity index is 977. The van der Waals surface area contributed by atoms with E-state index in [2.05, 4.69) is 10.3 Å². The lowest BCUT2D eigenvalue weighted by molar-refractivity contribution is -0.122. The number of para-hydroxylation sites is 1. The highest BCUT2D eigenvalue weighted by Gasteiger charge is 2.14. The van der Waals surface area contributed by atoms with Crippen molar-refractivity contribution in [3.63, 3.8) is 0 Å². The number of aromatic nitrogens is 2. The molecular formula is C20H21N3O2. The van der Waals surface area contributed by atoms with E-state index in [1.54, 1.807) is 23.0 Å². The number of carbonyl (C=O) groups is 1. The zero-order valence-electron chi connectivity index (χ0n) is 14.6. The van der Waals surface area contributed by atoms with Gasteiger partial charge in [0.1, 0.15) is 6.54 Å². The molecule has 2 aromatic heterocycles. The summed E-state index contributed by atoms with van der Waals surface area (Å²) < 4.78 is 1.55. The topological polar surface area (TPSA) is 64.0 Å². The molecule has 128 valence electrons. The van der Waals surface area contributed by atoms with Crippen LogP contribution in [0, 0.1) is 13.8 Å². The van der Waals surface area contributed by atoms with Crippen LogP contribution in [0.5, 0.6) is 0 Å². The molecule has 5 heteroatoms. The van der Waals surface area contributed by atoms with Crippen LogP contribution in [0.25, 0.3) is 10.9 Å². The average molecular weight is 335 g/mol. The fourth-order valence-electron chi connectivity index (χ4n) is 3.11. The molecule has 1 N–H and O–H groups in total.